The third kappa shape index (κ3) is 3.62. The monoisotopic (exact) mass is 390 g/mol. The predicted molar refractivity (Wildman–Crippen MR) is 107 cm³/mol. The second kappa shape index (κ2) is 8.01. The zero-order valence-electron chi connectivity index (χ0n) is 15.5. The molecule has 4 rings (SSSR count). The molecule has 1 fully saturated rings. The number of fused-ring (bicyclic) bond motifs is 3. The first-order valence-corrected chi connectivity index (χ1v) is 10.6. The van der Waals surface area contributed by atoms with Gasteiger partial charge in [-0.15, -0.1) is 11.3 Å². The molecule has 0 N–H and O–H groups in total. The van der Waals surface area contributed by atoms with E-state index in [9.17, 15) is 8.78 Å². The molecule has 0 bridgehead atoms. The van der Waals surface area contributed by atoms with Crippen LogP contribution in [0.4, 0.5) is 8.78 Å². The van der Waals surface area contributed by atoms with Crippen molar-refractivity contribution >= 4 is 31.5 Å². The summed E-state index contributed by atoms with van der Waals surface area (Å²) >= 11 is 1.13. The fourth-order valence-electron chi connectivity index (χ4n) is 3.43. The Hall–Kier alpha value is -1.88. The van der Waals surface area contributed by atoms with Crippen LogP contribution < -0.4 is 9.47 Å². The van der Waals surface area contributed by atoms with E-state index in [1.165, 1.54) is 6.42 Å². The highest BCUT2D eigenvalue weighted by molar-refractivity contribution is 7.25. The van der Waals surface area contributed by atoms with Crippen molar-refractivity contribution in [2.45, 2.75) is 45.4 Å². The molecule has 1 saturated carbocycles. The predicted octanol–water partition coefficient (Wildman–Crippen LogP) is 7.08. The highest BCUT2D eigenvalue weighted by Crippen LogP contribution is 2.42. The molecule has 27 heavy (non-hydrogen) atoms. The Bertz CT molecular complexity index is 947. The molecule has 0 amide bonds. The van der Waals surface area contributed by atoms with Crippen molar-refractivity contribution in [3.63, 3.8) is 0 Å². The van der Waals surface area contributed by atoms with Crippen molar-refractivity contribution in [1.82, 2.24) is 0 Å². The Morgan fingerprint density at radius 3 is 2.11 bits per heavy atom. The molecule has 5 heteroatoms. The van der Waals surface area contributed by atoms with Gasteiger partial charge in [0.1, 0.15) is 0 Å². The summed E-state index contributed by atoms with van der Waals surface area (Å²) in [6.07, 6.45) is 6.58. The van der Waals surface area contributed by atoms with E-state index in [1.807, 2.05) is 12.1 Å². The summed E-state index contributed by atoms with van der Waals surface area (Å²) in [5.41, 5.74) is 0. The maximum atomic E-state index is 14.9. The highest BCUT2D eigenvalue weighted by atomic mass is 32.1. The van der Waals surface area contributed by atoms with Crippen LogP contribution >= 0.6 is 11.3 Å². The molecule has 0 radical (unpaired) electrons. The minimum absolute atomic E-state index is 0.243. The topological polar surface area (TPSA) is 18.5 Å². The summed E-state index contributed by atoms with van der Waals surface area (Å²) in [6.45, 7) is 3.16. The summed E-state index contributed by atoms with van der Waals surface area (Å²) in [4.78, 5) is 0. The number of unbranched alkanes of at least 4 members (excludes halogenated alkanes) is 2. The second-order valence-corrected chi connectivity index (χ2v) is 8.29. The van der Waals surface area contributed by atoms with Crippen molar-refractivity contribution in [2.75, 3.05) is 13.2 Å². The molecule has 0 atom stereocenters. The van der Waals surface area contributed by atoms with E-state index < -0.39 is 11.6 Å². The lowest BCUT2D eigenvalue weighted by Crippen LogP contribution is -2.19. The van der Waals surface area contributed by atoms with E-state index in [2.05, 4.69) is 6.92 Å². The van der Waals surface area contributed by atoms with Crippen LogP contribution in [0.3, 0.4) is 0 Å². The van der Waals surface area contributed by atoms with Gasteiger partial charge in [-0.05, 0) is 49.4 Å². The first-order valence-electron chi connectivity index (χ1n) is 9.78. The molecule has 144 valence electrons. The number of ether oxygens (including phenoxy) is 2. The fourth-order valence-corrected chi connectivity index (χ4v) is 4.59. The molecule has 1 aliphatic rings. The van der Waals surface area contributed by atoms with E-state index in [0.29, 0.717) is 28.5 Å². The van der Waals surface area contributed by atoms with Crippen LogP contribution in [0.2, 0.25) is 0 Å². The molecular weight excluding hydrogens is 366 g/mol. The lowest BCUT2D eigenvalue weighted by Gasteiger charge is -2.25. The van der Waals surface area contributed by atoms with Crippen molar-refractivity contribution in [3.05, 3.63) is 35.9 Å². The Kier molecular flexibility index (Phi) is 5.48. The highest BCUT2D eigenvalue weighted by Gasteiger charge is 2.21. The molecule has 2 aromatic carbocycles. The zero-order chi connectivity index (χ0) is 18.8. The first kappa shape index (κ1) is 18.5. The van der Waals surface area contributed by atoms with Gasteiger partial charge >= 0.3 is 0 Å². The molecule has 0 aliphatic heterocycles. The molecule has 3 aromatic rings. The van der Waals surface area contributed by atoms with Crippen molar-refractivity contribution in [2.24, 2.45) is 5.92 Å². The molecule has 0 saturated heterocycles. The van der Waals surface area contributed by atoms with Crippen LogP contribution in [0.25, 0.3) is 20.2 Å². The standard InChI is InChI=1S/C22H24F2O2S/c1-2-3-4-12-25-17-10-8-15-16-9-11-18(26-13-14-6-5-7-14)20(24)22(16)27-21(15)19(17)23/h8-11,14H,2-7,12-13H2,1H3. The van der Waals surface area contributed by atoms with Gasteiger partial charge in [-0.2, -0.15) is 0 Å². The maximum absolute atomic E-state index is 14.9. The van der Waals surface area contributed by atoms with Crippen molar-refractivity contribution < 1.29 is 18.3 Å². The molecular formula is C22H24F2O2S. The minimum atomic E-state index is -0.401. The maximum Gasteiger partial charge on any atom is 0.182 e. The summed E-state index contributed by atoms with van der Waals surface area (Å²) in [5.74, 6) is 0.246. The number of benzene rings is 2. The summed E-state index contributed by atoms with van der Waals surface area (Å²) in [6, 6.07) is 6.96. The lowest BCUT2D eigenvalue weighted by atomic mass is 9.86. The third-order valence-electron chi connectivity index (χ3n) is 5.32. The molecule has 2 nitrogen and oxygen atoms in total. The number of rotatable bonds is 8. The quantitative estimate of drug-likeness (QED) is 0.383. The van der Waals surface area contributed by atoms with Gasteiger partial charge in [0.2, 0.25) is 0 Å². The Balaban J connectivity index is 1.62. The van der Waals surface area contributed by atoms with E-state index in [-0.39, 0.29) is 11.5 Å². The van der Waals surface area contributed by atoms with Gasteiger partial charge in [-0.25, -0.2) is 8.78 Å². The average molecular weight is 390 g/mol. The number of halogens is 2. The summed E-state index contributed by atoms with van der Waals surface area (Å²) in [5, 5.41) is 1.44. The Labute approximate surface area is 162 Å². The van der Waals surface area contributed by atoms with Gasteiger partial charge < -0.3 is 9.47 Å². The fraction of sp³-hybridized carbons (Fsp3) is 0.455. The van der Waals surface area contributed by atoms with Crippen molar-refractivity contribution in [3.8, 4) is 11.5 Å². The van der Waals surface area contributed by atoms with Crippen LogP contribution in [0.1, 0.15) is 45.4 Å². The van der Waals surface area contributed by atoms with Gasteiger partial charge in [0.25, 0.3) is 0 Å². The van der Waals surface area contributed by atoms with Gasteiger partial charge in [0.05, 0.1) is 22.6 Å². The van der Waals surface area contributed by atoms with E-state index in [1.54, 1.807) is 12.1 Å². The smallest absolute Gasteiger partial charge is 0.182 e. The van der Waals surface area contributed by atoms with Crippen LogP contribution in [0.15, 0.2) is 24.3 Å². The molecule has 1 aliphatic carbocycles. The van der Waals surface area contributed by atoms with E-state index >= 15 is 0 Å². The Morgan fingerprint density at radius 1 is 0.926 bits per heavy atom. The number of hydrogen-bond donors (Lipinski definition) is 0. The lowest BCUT2D eigenvalue weighted by molar-refractivity contribution is 0.176. The van der Waals surface area contributed by atoms with E-state index in [0.717, 1.165) is 54.2 Å². The van der Waals surface area contributed by atoms with Gasteiger partial charge in [-0.3, -0.25) is 0 Å². The van der Waals surface area contributed by atoms with Crippen LogP contribution in [-0.2, 0) is 0 Å². The normalized spacial score (nSPS) is 14.6. The van der Waals surface area contributed by atoms with Gasteiger partial charge in [0, 0.05) is 10.8 Å². The van der Waals surface area contributed by atoms with Crippen molar-refractivity contribution in [1.29, 1.82) is 0 Å². The number of thiophene rings is 1. The number of hydrogen-bond acceptors (Lipinski definition) is 3. The largest absolute Gasteiger partial charge is 0.490 e. The van der Waals surface area contributed by atoms with Gasteiger partial charge in [0.15, 0.2) is 23.1 Å². The van der Waals surface area contributed by atoms with Crippen LogP contribution in [0, 0.1) is 17.6 Å². The van der Waals surface area contributed by atoms with Gasteiger partial charge in [-0.1, -0.05) is 26.2 Å². The van der Waals surface area contributed by atoms with Crippen LogP contribution in [0.5, 0.6) is 11.5 Å². The zero-order valence-corrected chi connectivity index (χ0v) is 16.3. The first-order chi connectivity index (χ1) is 13.2. The molecule has 0 unspecified atom stereocenters. The average Bonchev–Trinajstić information content (AvgIpc) is 3.01. The third-order valence-corrected chi connectivity index (χ3v) is 6.53. The Morgan fingerprint density at radius 2 is 1.56 bits per heavy atom. The summed E-state index contributed by atoms with van der Waals surface area (Å²) < 4.78 is 42.0. The SMILES string of the molecule is CCCCCOc1ccc2c(sc3c(F)c(OCC4CCC4)ccc32)c1F. The summed E-state index contributed by atoms with van der Waals surface area (Å²) in [7, 11) is 0. The van der Waals surface area contributed by atoms with Crippen LogP contribution in [-0.4, -0.2) is 13.2 Å². The van der Waals surface area contributed by atoms with E-state index in [4.69, 9.17) is 9.47 Å². The molecule has 1 aromatic heterocycles. The minimum Gasteiger partial charge on any atom is -0.490 e. The second-order valence-electron chi connectivity index (χ2n) is 7.27. The molecule has 0 spiro atoms. The molecule has 1 heterocycles.